The van der Waals surface area contributed by atoms with Crippen molar-refractivity contribution in [2.45, 2.75) is 25.7 Å². The lowest BCUT2D eigenvalue weighted by molar-refractivity contribution is -0.120. The van der Waals surface area contributed by atoms with Gasteiger partial charge >= 0.3 is 0 Å². The number of nitrogens with one attached hydrogen (secondary N) is 2. The van der Waals surface area contributed by atoms with E-state index in [0.29, 0.717) is 0 Å². The number of carbonyl (C=O) groups excluding carboxylic acids is 1. The van der Waals surface area contributed by atoms with Crippen LogP contribution >= 0.6 is 0 Å². The first-order chi connectivity index (χ1) is 9.83. The molecule has 1 aromatic rings. The van der Waals surface area contributed by atoms with Crippen LogP contribution < -0.4 is 15.5 Å². The van der Waals surface area contributed by atoms with Crippen LogP contribution in [0.25, 0.3) is 0 Å². The first-order valence-corrected chi connectivity index (χ1v) is 7.69. The van der Waals surface area contributed by atoms with Gasteiger partial charge in [-0.3, -0.25) is 4.79 Å². The van der Waals surface area contributed by atoms with Gasteiger partial charge in [-0.15, -0.1) is 0 Å². The number of hydrogen-bond acceptors (Lipinski definition) is 3. The summed E-state index contributed by atoms with van der Waals surface area (Å²) >= 11 is 0. The predicted octanol–water partition coefficient (Wildman–Crippen LogP) is 2.22. The van der Waals surface area contributed by atoms with Gasteiger partial charge in [0.15, 0.2) is 0 Å². The minimum Gasteiger partial charge on any atom is -0.371 e. The molecule has 2 saturated heterocycles. The Bertz CT molecular complexity index is 463. The van der Waals surface area contributed by atoms with Crippen molar-refractivity contribution in [3.8, 4) is 0 Å². The molecule has 2 aliphatic heterocycles. The van der Waals surface area contributed by atoms with Crippen LogP contribution in [-0.4, -0.2) is 32.1 Å². The van der Waals surface area contributed by atoms with Crippen LogP contribution in [0.2, 0.25) is 0 Å². The van der Waals surface area contributed by atoms with E-state index in [1.54, 1.807) is 0 Å². The molecular weight excluding hydrogens is 250 g/mol. The fourth-order valence-electron chi connectivity index (χ4n) is 3.08. The van der Waals surface area contributed by atoms with Crippen LogP contribution in [0.4, 0.5) is 11.4 Å². The van der Waals surface area contributed by atoms with E-state index in [-0.39, 0.29) is 11.8 Å². The van der Waals surface area contributed by atoms with Gasteiger partial charge in [-0.25, -0.2) is 0 Å². The molecule has 2 heterocycles. The average molecular weight is 273 g/mol. The molecule has 20 heavy (non-hydrogen) atoms. The number of carbonyl (C=O) groups is 1. The lowest BCUT2D eigenvalue weighted by atomic mass is 9.99. The molecule has 2 fully saturated rings. The average Bonchev–Trinajstić information content (AvgIpc) is 3.03. The Balaban J connectivity index is 1.64. The highest BCUT2D eigenvalue weighted by atomic mass is 16.1. The maximum absolute atomic E-state index is 12.2. The van der Waals surface area contributed by atoms with Gasteiger partial charge in [-0.1, -0.05) is 6.07 Å². The van der Waals surface area contributed by atoms with Crippen molar-refractivity contribution in [2.24, 2.45) is 5.92 Å². The number of amides is 1. The van der Waals surface area contributed by atoms with Crippen LogP contribution in [0.3, 0.4) is 0 Å². The summed E-state index contributed by atoms with van der Waals surface area (Å²) in [4.78, 5) is 14.6. The molecule has 2 aliphatic rings. The Labute approximate surface area is 120 Å². The second-order valence-electron chi connectivity index (χ2n) is 5.78. The number of nitrogens with zero attached hydrogens (tertiary/aromatic N) is 1. The number of piperidine rings is 1. The molecule has 4 heteroatoms. The van der Waals surface area contributed by atoms with Gasteiger partial charge in [0.2, 0.25) is 5.91 Å². The minimum absolute atomic E-state index is 0.110. The van der Waals surface area contributed by atoms with Crippen molar-refractivity contribution < 1.29 is 4.79 Å². The van der Waals surface area contributed by atoms with E-state index in [2.05, 4.69) is 27.7 Å². The Morgan fingerprint density at radius 3 is 2.85 bits per heavy atom. The molecule has 0 saturated carbocycles. The van der Waals surface area contributed by atoms with E-state index in [1.807, 2.05) is 12.1 Å². The molecule has 0 aromatic heterocycles. The molecule has 2 N–H and O–H groups in total. The van der Waals surface area contributed by atoms with Crippen LogP contribution in [0.5, 0.6) is 0 Å². The topological polar surface area (TPSA) is 44.4 Å². The van der Waals surface area contributed by atoms with Gasteiger partial charge < -0.3 is 15.5 Å². The fourth-order valence-corrected chi connectivity index (χ4v) is 3.08. The standard InChI is InChI=1S/C16H23N3O/c20-16(13-5-4-8-17-12-13)18-14-6-3-7-15(11-14)19-9-1-2-10-19/h3,6-7,11,13,17H,1-2,4-5,8-10,12H2,(H,18,20)/t13-/m0/s1. The second-order valence-corrected chi connectivity index (χ2v) is 5.78. The number of hydrogen-bond donors (Lipinski definition) is 2. The summed E-state index contributed by atoms with van der Waals surface area (Å²) in [7, 11) is 0. The van der Waals surface area contributed by atoms with Crippen LogP contribution in [-0.2, 0) is 4.79 Å². The van der Waals surface area contributed by atoms with Crippen molar-refractivity contribution >= 4 is 17.3 Å². The summed E-state index contributed by atoms with van der Waals surface area (Å²) in [5, 5.41) is 6.36. The first-order valence-electron chi connectivity index (χ1n) is 7.69. The molecule has 0 bridgehead atoms. The SMILES string of the molecule is O=C(Nc1cccc(N2CCCC2)c1)[C@H]1CCCNC1. The summed E-state index contributed by atoms with van der Waals surface area (Å²) in [5.41, 5.74) is 2.15. The third kappa shape index (κ3) is 3.12. The molecule has 1 amide bonds. The largest absolute Gasteiger partial charge is 0.371 e. The maximum atomic E-state index is 12.2. The fraction of sp³-hybridized carbons (Fsp3) is 0.562. The highest BCUT2D eigenvalue weighted by Crippen LogP contribution is 2.24. The van der Waals surface area contributed by atoms with Crippen molar-refractivity contribution in [1.82, 2.24) is 5.32 Å². The zero-order chi connectivity index (χ0) is 13.8. The molecule has 0 aliphatic carbocycles. The highest BCUT2D eigenvalue weighted by Gasteiger charge is 2.21. The summed E-state index contributed by atoms with van der Waals surface area (Å²) < 4.78 is 0. The number of anilines is 2. The molecule has 1 atom stereocenters. The van der Waals surface area contributed by atoms with Gasteiger partial charge in [0.05, 0.1) is 5.92 Å². The smallest absolute Gasteiger partial charge is 0.228 e. The zero-order valence-electron chi connectivity index (χ0n) is 11.9. The minimum atomic E-state index is 0.110. The number of rotatable bonds is 3. The monoisotopic (exact) mass is 273 g/mol. The molecule has 0 spiro atoms. The Kier molecular flexibility index (Phi) is 4.21. The van der Waals surface area contributed by atoms with Crippen LogP contribution in [0.1, 0.15) is 25.7 Å². The molecule has 3 rings (SSSR count). The summed E-state index contributed by atoms with van der Waals surface area (Å²) in [5.74, 6) is 0.259. The molecule has 0 unspecified atom stereocenters. The van der Waals surface area contributed by atoms with Gasteiger partial charge in [0.25, 0.3) is 0 Å². The Morgan fingerprint density at radius 1 is 1.25 bits per heavy atom. The Hall–Kier alpha value is -1.55. The summed E-state index contributed by atoms with van der Waals surface area (Å²) in [6.07, 6.45) is 4.62. The van der Waals surface area contributed by atoms with Crippen molar-refractivity contribution in [2.75, 3.05) is 36.4 Å². The highest BCUT2D eigenvalue weighted by molar-refractivity contribution is 5.93. The molecule has 1 aromatic carbocycles. The summed E-state index contributed by atoms with van der Waals surface area (Å²) in [6.45, 7) is 4.10. The molecule has 4 nitrogen and oxygen atoms in total. The normalized spacial score (nSPS) is 22.8. The second kappa shape index (κ2) is 6.27. The zero-order valence-corrected chi connectivity index (χ0v) is 11.9. The van der Waals surface area contributed by atoms with E-state index in [4.69, 9.17) is 0 Å². The quantitative estimate of drug-likeness (QED) is 0.887. The van der Waals surface area contributed by atoms with Crippen LogP contribution in [0.15, 0.2) is 24.3 Å². The van der Waals surface area contributed by atoms with E-state index in [9.17, 15) is 4.79 Å². The maximum Gasteiger partial charge on any atom is 0.228 e. The number of benzene rings is 1. The van der Waals surface area contributed by atoms with Gasteiger partial charge in [0, 0.05) is 31.0 Å². The summed E-state index contributed by atoms with van der Waals surface area (Å²) in [6, 6.07) is 8.23. The van der Waals surface area contributed by atoms with E-state index < -0.39 is 0 Å². The van der Waals surface area contributed by atoms with Crippen molar-refractivity contribution in [3.05, 3.63) is 24.3 Å². The first kappa shape index (κ1) is 13.4. The van der Waals surface area contributed by atoms with E-state index in [0.717, 1.165) is 44.7 Å². The Morgan fingerprint density at radius 2 is 2.10 bits per heavy atom. The van der Waals surface area contributed by atoms with Gasteiger partial charge in [-0.2, -0.15) is 0 Å². The van der Waals surface area contributed by atoms with Crippen LogP contribution in [0, 0.1) is 5.92 Å². The van der Waals surface area contributed by atoms with Gasteiger partial charge in [-0.05, 0) is 50.4 Å². The molecule has 108 valence electrons. The lowest BCUT2D eigenvalue weighted by Gasteiger charge is -2.22. The van der Waals surface area contributed by atoms with Crippen molar-refractivity contribution in [3.63, 3.8) is 0 Å². The molecule has 0 radical (unpaired) electrons. The molecular formula is C16H23N3O. The lowest BCUT2D eigenvalue weighted by Crippen LogP contribution is -2.37. The third-order valence-corrected chi connectivity index (χ3v) is 4.25. The van der Waals surface area contributed by atoms with E-state index in [1.165, 1.54) is 18.5 Å². The van der Waals surface area contributed by atoms with E-state index >= 15 is 0 Å². The van der Waals surface area contributed by atoms with Gasteiger partial charge in [0.1, 0.15) is 0 Å². The van der Waals surface area contributed by atoms with Crippen molar-refractivity contribution in [1.29, 1.82) is 0 Å². The predicted molar refractivity (Wildman–Crippen MR) is 82.1 cm³/mol. The third-order valence-electron chi connectivity index (χ3n) is 4.25.